The molecular formula is C15H18ClNO2. The number of esters is 1. The van der Waals surface area contributed by atoms with Crippen molar-refractivity contribution in [2.75, 3.05) is 11.9 Å². The van der Waals surface area contributed by atoms with E-state index in [0.29, 0.717) is 18.4 Å². The van der Waals surface area contributed by atoms with Crippen molar-refractivity contribution in [2.24, 2.45) is 5.92 Å². The Labute approximate surface area is 118 Å². The van der Waals surface area contributed by atoms with Crippen LogP contribution in [-0.2, 0) is 9.53 Å². The summed E-state index contributed by atoms with van der Waals surface area (Å²) in [5.74, 6) is 0.648. The lowest BCUT2D eigenvalue weighted by Crippen LogP contribution is -2.42. The third-order valence-corrected chi connectivity index (χ3v) is 4.50. The first kappa shape index (κ1) is 12.8. The molecule has 3 atom stereocenters. The molecule has 3 rings (SSSR count). The Balaban J connectivity index is 1.96. The van der Waals surface area contributed by atoms with Crippen LogP contribution in [0.3, 0.4) is 0 Å². The van der Waals surface area contributed by atoms with Gasteiger partial charge in [-0.15, -0.1) is 0 Å². The smallest absolute Gasteiger partial charge is 0.328 e. The molecule has 1 aliphatic carbocycles. The molecule has 4 heteroatoms. The van der Waals surface area contributed by atoms with E-state index in [4.69, 9.17) is 16.3 Å². The van der Waals surface area contributed by atoms with Crippen molar-refractivity contribution in [2.45, 2.75) is 38.1 Å². The molecule has 0 radical (unpaired) electrons. The van der Waals surface area contributed by atoms with Crippen molar-refractivity contribution in [3.63, 3.8) is 0 Å². The van der Waals surface area contributed by atoms with Gasteiger partial charge in [-0.25, -0.2) is 4.79 Å². The van der Waals surface area contributed by atoms with Crippen molar-refractivity contribution in [3.05, 3.63) is 28.8 Å². The molecule has 1 aromatic carbocycles. The number of carbonyl (C=O) groups excluding carboxylic acids is 1. The van der Waals surface area contributed by atoms with Crippen LogP contribution >= 0.6 is 11.6 Å². The molecular weight excluding hydrogens is 262 g/mol. The van der Waals surface area contributed by atoms with Crippen LogP contribution in [0.5, 0.6) is 0 Å². The minimum Gasteiger partial charge on any atom is -0.464 e. The highest BCUT2D eigenvalue weighted by Crippen LogP contribution is 2.48. The quantitative estimate of drug-likeness (QED) is 0.841. The van der Waals surface area contributed by atoms with Crippen LogP contribution in [0.2, 0.25) is 5.02 Å². The second kappa shape index (κ2) is 5.04. The highest BCUT2D eigenvalue weighted by Gasteiger charge is 2.43. The minimum absolute atomic E-state index is 0.125. The van der Waals surface area contributed by atoms with Gasteiger partial charge in [0.25, 0.3) is 0 Å². The molecule has 19 heavy (non-hydrogen) atoms. The van der Waals surface area contributed by atoms with Crippen LogP contribution in [-0.4, -0.2) is 18.6 Å². The number of hydrogen-bond donors (Lipinski definition) is 1. The second-order valence-corrected chi connectivity index (χ2v) is 5.74. The first-order valence-corrected chi connectivity index (χ1v) is 7.31. The fourth-order valence-electron chi connectivity index (χ4n) is 3.49. The second-order valence-electron chi connectivity index (χ2n) is 5.31. The molecule has 0 saturated heterocycles. The average molecular weight is 280 g/mol. The van der Waals surface area contributed by atoms with Crippen molar-refractivity contribution < 1.29 is 9.53 Å². The Morgan fingerprint density at radius 2 is 2.32 bits per heavy atom. The molecule has 0 bridgehead atoms. The van der Waals surface area contributed by atoms with Crippen LogP contribution in [0.1, 0.15) is 37.7 Å². The van der Waals surface area contributed by atoms with E-state index in [1.54, 1.807) is 0 Å². The monoisotopic (exact) mass is 279 g/mol. The number of hydrogen-bond acceptors (Lipinski definition) is 3. The van der Waals surface area contributed by atoms with Crippen molar-refractivity contribution >= 4 is 23.3 Å². The summed E-state index contributed by atoms with van der Waals surface area (Å²) in [6.07, 6.45) is 3.38. The van der Waals surface area contributed by atoms with Gasteiger partial charge in [-0.2, -0.15) is 0 Å². The van der Waals surface area contributed by atoms with Crippen molar-refractivity contribution in [3.8, 4) is 0 Å². The van der Waals surface area contributed by atoms with E-state index in [9.17, 15) is 4.79 Å². The molecule has 1 aliphatic heterocycles. The maximum Gasteiger partial charge on any atom is 0.328 e. The Kier molecular flexibility index (Phi) is 3.40. The topological polar surface area (TPSA) is 38.3 Å². The number of nitrogens with one attached hydrogen (secondary N) is 1. The predicted molar refractivity (Wildman–Crippen MR) is 75.6 cm³/mol. The molecule has 2 aliphatic rings. The largest absolute Gasteiger partial charge is 0.464 e. The Morgan fingerprint density at radius 3 is 3.11 bits per heavy atom. The van der Waals surface area contributed by atoms with E-state index >= 15 is 0 Å². The summed E-state index contributed by atoms with van der Waals surface area (Å²) in [6.45, 7) is 2.28. The van der Waals surface area contributed by atoms with Gasteiger partial charge < -0.3 is 10.1 Å². The van der Waals surface area contributed by atoms with E-state index < -0.39 is 0 Å². The summed E-state index contributed by atoms with van der Waals surface area (Å²) in [5, 5.41) is 4.11. The lowest BCUT2D eigenvalue weighted by molar-refractivity contribution is -0.145. The third kappa shape index (κ3) is 2.20. The first-order valence-electron chi connectivity index (χ1n) is 6.93. The van der Waals surface area contributed by atoms with Gasteiger partial charge in [0.05, 0.1) is 6.61 Å². The van der Waals surface area contributed by atoms with Gasteiger partial charge in [0.15, 0.2) is 0 Å². The van der Waals surface area contributed by atoms with Gasteiger partial charge in [0, 0.05) is 10.7 Å². The highest BCUT2D eigenvalue weighted by molar-refractivity contribution is 6.30. The van der Waals surface area contributed by atoms with Crippen LogP contribution in [0.25, 0.3) is 0 Å². The van der Waals surface area contributed by atoms with Crippen LogP contribution in [0.4, 0.5) is 5.69 Å². The molecule has 1 heterocycles. The molecule has 0 unspecified atom stereocenters. The number of ether oxygens (including phenoxy) is 1. The Morgan fingerprint density at radius 1 is 1.47 bits per heavy atom. The summed E-state index contributed by atoms with van der Waals surface area (Å²) >= 11 is 6.10. The standard InChI is InChI=1S/C15H18ClNO2/c1-2-19-15(18)14-11-5-3-4-10(11)12-8-9(16)6-7-13(12)17-14/h6-8,10-11,14,17H,2-5H2,1H3/t10-,11-,14+/m0/s1. The highest BCUT2D eigenvalue weighted by atomic mass is 35.5. The summed E-state index contributed by atoms with van der Waals surface area (Å²) < 4.78 is 5.20. The van der Waals surface area contributed by atoms with Crippen molar-refractivity contribution in [1.82, 2.24) is 0 Å². The van der Waals surface area contributed by atoms with E-state index in [1.165, 1.54) is 12.0 Å². The molecule has 0 amide bonds. The van der Waals surface area contributed by atoms with E-state index in [-0.39, 0.29) is 12.0 Å². The van der Waals surface area contributed by atoms with Gasteiger partial charge in [0.1, 0.15) is 6.04 Å². The minimum atomic E-state index is -0.207. The molecule has 3 nitrogen and oxygen atoms in total. The summed E-state index contributed by atoms with van der Waals surface area (Å²) in [4.78, 5) is 12.1. The van der Waals surface area contributed by atoms with Crippen molar-refractivity contribution in [1.29, 1.82) is 0 Å². The molecule has 0 aromatic heterocycles. The average Bonchev–Trinajstić information content (AvgIpc) is 2.87. The summed E-state index contributed by atoms with van der Waals surface area (Å²) in [6, 6.07) is 5.67. The number of benzene rings is 1. The molecule has 1 fully saturated rings. The Hall–Kier alpha value is -1.22. The van der Waals surface area contributed by atoms with Gasteiger partial charge in [-0.05, 0) is 55.4 Å². The number of anilines is 1. The lowest BCUT2D eigenvalue weighted by atomic mass is 9.79. The predicted octanol–water partition coefficient (Wildman–Crippen LogP) is 3.58. The molecule has 1 saturated carbocycles. The maximum atomic E-state index is 12.1. The Bertz CT molecular complexity index is 503. The number of fused-ring (bicyclic) bond motifs is 3. The maximum absolute atomic E-state index is 12.1. The molecule has 1 N–H and O–H groups in total. The third-order valence-electron chi connectivity index (χ3n) is 4.26. The van der Waals surface area contributed by atoms with E-state index in [0.717, 1.165) is 23.6 Å². The van der Waals surface area contributed by atoms with E-state index in [2.05, 4.69) is 5.32 Å². The normalized spacial score (nSPS) is 28.2. The van der Waals surface area contributed by atoms with Gasteiger partial charge >= 0.3 is 5.97 Å². The number of halogens is 1. The zero-order valence-electron chi connectivity index (χ0n) is 11.0. The van der Waals surface area contributed by atoms with Crippen LogP contribution in [0, 0.1) is 5.92 Å². The molecule has 0 spiro atoms. The van der Waals surface area contributed by atoms with Crippen LogP contribution in [0.15, 0.2) is 18.2 Å². The zero-order chi connectivity index (χ0) is 13.4. The SMILES string of the molecule is CCOC(=O)[C@@H]1Nc2ccc(Cl)cc2[C@H]2CCC[C@@H]21. The molecule has 1 aromatic rings. The fraction of sp³-hybridized carbons (Fsp3) is 0.533. The first-order chi connectivity index (χ1) is 9.20. The number of rotatable bonds is 2. The lowest BCUT2D eigenvalue weighted by Gasteiger charge is -2.35. The van der Waals surface area contributed by atoms with Gasteiger partial charge in [-0.1, -0.05) is 18.0 Å². The zero-order valence-corrected chi connectivity index (χ0v) is 11.7. The molecule has 102 valence electrons. The van der Waals surface area contributed by atoms with Crippen LogP contribution < -0.4 is 5.32 Å². The van der Waals surface area contributed by atoms with Gasteiger partial charge in [-0.3, -0.25) is 0 Å². The van der Waals surface area contributed by atoms with Gasteiger partial charge in [0.2, 0.25) is 0 Å². The fourth-order valence-corrected chi connectivity index (χ4v) is 3.67. The van der Waals surface area contributed by atoms with E-state index in [1.807, 2.05) is 25.1 Å². The number of carbonyl (C=O) groups is 1. The summed E-state index contributed by atoms with van der Waals surface area (Å²) in [5.41, 5.74) is 2.29. The summed E-state index contributed by atoms with van der Waals surface area (Å²) in [7, 11) is 0.